The topological polar surface area (TPSA) is 129 Å². The van der Waals surface area contributed by atoms with Crippen molar-refractivity contribution in [3.63, 3.8) is 0 Å². The van der Waals surface area contributed by atoms with Gasteiger partial charge in [0, 0.05) is 56.7 Å². The Kier molecular flexibility index (Phi) is 10.6. The summed E-state index contributed by atoms with van der Waals surface area (Å²) < 4.78 is 33.6. The molecule has 2 aromatic carbocycles. The maximum Gasteiger partial charge on any atom is 0.258 e. The van der Waals surface area contributed by atoms with Crippen LogP contribution in [0.3, 0.4) is 0 Å². The zero-order valence-corrected chi connectivity index (χ0v) is 22.5. The van der Waals surface area contributed by atoms with Crippen molar-refractivity contribution in [3.05, 3.63) is 71.8 Å². The van der Waals surface area contributed by atoms with Gasteiger partial charge < -0.3 is 20.0 Å². The summed E-state index contributed by atoms with van der Waals surface area (Å²) in [5, 5.41) is 12.7. The molecule has 1 fully saturated rings. The van der Waals surface area contributed by atoms with E-state index in [-0.39, 0.29) is 30.8 Å². The van der Waals surface area contributed by atoms with Crippen LogP contribution >= 0.6 is 0 Å². The molecule has 0 saturated carbocycles. The lowest BCUT2D eigenvalue weighted by atomic mass is 9.97. The second-order valence-electron chi connectivity index (χ2n) is 9.43. The maximum atomic E-state index is 14.4. The van der Waals surface area contributed by atoms with E-state index in [1.165, 1.54) is 24.1 Å². The summed E-state index contributed by atoms with van der Waals surface area (Å²) in [5.74, 6) is -2.51. The number of hydrogen-bond donors (Lipinski definition) is 3. The SMILES string of the molecule is CC(=O)N(NCc1cccc(F)c1F)[C@@H](CCC=O)C(ON(C=O)c1cc(-c2ccccc2)no1)C1CNCCN1. The predicted molar refractivity (Wildman–Crippen MR) is 145 cm³/mol. The third-order valence-corrected chi connectivity index (χ3v) is 6.69. The lowest BCUT2D eigenvalue weighted by molar-refractivity contribution is -0.144. The van der Waals surface area contributed by atoms with Crippen LogP contribution in [0.1, 0.15) is 25.3 Å². The van der Waals surface area contributed by atoms with Gasteiger partial charge in [0.1, 0.15) is 18.1 Å². The predicted octanol–water partition coefficient (Wildman–Crippen LogP) is 2.35. The van der Waals surface area contributed by atoms with Gasteiger partial charge in [-0.2, -0.15) is 5.06 Å². The van der Waals surface area contributed by atoms with E-state index in [1.54, 1.807) is 6.07 Å². The van der Waals surface area contributed by atoms with E-state index in [2.05, 4.69) is 21.2 Å². The van der Waals surface area contributed by atoms with E-state index < -0.39 is 35.7 Å². The van der Waals surface area contributed by atoms with Gasteiger partial charge in [0.05, 0.1) is 12.1 Å². The van der Waals surface area contributed by atoms with Crippen LogP contribution in [0.2, 0.25) is 0 Å². The Labute approximate surface area is 235 Å². The molecule has 0 radical (unpaired) electrons. The molecule has 11 nitrogen and oxygen atoms in total. The van der Waals surface area contributed by atoms with Gasteiger partial charge in [-0.05, 0) is 12.5 Å². The highest BCUT2D eigenvalue weighted by Gasteiger charge is 2.39. The van der Waals surface area contributed by atoms with Gasteiger partial charge >= 0.3 is 0 Å². The van der Waals surface area contributed by atoms with Crippen molar-refractivity contribution in [2.24, 2.45) is 0 Å². The van der Waals surface area contributed by atoms with Crippen molar-refractivity contribution in [3.8, 4) is 11.3 Å². The van der Waals surface area contributed by atoms with E-state index in [0.29, 0.717) is 38.0 Å². The molecule has 3 aromatic rings. The number of hydrogen-bond acceptors (Lipinski definition) is 9. The van der Waals surface area contributed by atoms with Crippen LogP contribution in [0.15, 0.2) is 59.1 Å². The van der Waals surface area contributed by atoms with Gasteiger partial charge in [0.2, 0.25) is 12.3 Å². The number of rotatable bonds is 14. The molecule has 2 heterocycles. The second kappa shape index (κ2) is 14.6. The number of aromatic nitrogens is 1. The van der Waals surface area contributed by atoms with Gasteiger partial charge in [0.25, 0.3) is 5.88 Å². The third kappa shape index (κ3) is 7.58. The number of carbonyl (C=O) groups excluding carboxylic acids is 3. The molecular weight excluding hydrogens is 538 g/mol. The summed E-state index contributed by atoms with van der Waals surface area (Å²) in [4.78, 5) is 42.8. The van der Waals surface area contributed by atoms with Gasteiger partial charge in [-0.3, -0.25) is 19.4 Å². The van der Waals surface area contributed by atoms with E-state index in [9.17, 15) is 23.2 Å². The first-order chi connectivity index (χ1) is 19.9. The van der Waals surface area contributed by atoms with Crippen molar-refractivity contribution in [1.29, 1.82) is 0 Å². The van der Waals surface area contributed by atoms with Crippen LogP contribution < -0.4 is 21.1 Å². The van der Waals surface area contributed by atoms with Gasteiger partial charge in [-0.1, -0.05) is 47.6 Å². The van der Waals surface area contributed by atoms with Crippen molar-refractivity contribution in [2.75, 3.05) is 24.7 Å². The second-order valence-corrected chi connectivity index (χ2v) is 9.43. The Morgan fingerprint density at radius 1 is 1.20 bits per heavy atom. The first-order valence-electron chi connectivity index (χ1n) is 13.2. The molecule has 218 valence electrons. The summed E-state index contributed by atoms with van der Waals surface area (Å²) in [7, 11) is 0. The smallest absolute Gasteiger partial charge is 0.258 e. The van der Waals surface area contributed by atoms with Crippen molar-refractivity contribution < 1.29 is 32.5 Å². The molecule has 1 aromatic heterocycles. The van der Waals surface area contributed by atoms with E-state index in [4.69, 9.17) is 9.36 Å². The van der Waals surface area contributed by atoms with E-state index >= 15 is 0 Å². The number of nitrogens with zero attached hydrogens (tertiary/aromatic N) is 3. The lowest BCUT2D eigenvalue weighted by Gasteiger charge is -2.41. The number of hydroxylamine groups is 1. The Bertz CT molecular complexity index is 1300. The molecule has 2 amide bonds. The minimum atomic E-state index is -1.04. The molecule has 1 aliphatic heterocycles. The van der Waals surface area contributed by atoms with Gasteiger partial charge in [-0.15, -0.1) is 0 Å². The Morgan fingerprint density at radius 3 is 2.68 bits per heavy atom. The maximum absolute atomic E-state index is 14.4. The first-order valence-corrected chi connectivity index (χ1v) is 13.2. The lowest BCUT2D eigenvalue weighted by Crippen LogP contribution is -2.64. The molecule has 3 atom stereocenters. The van der Waals surface area contributed by atoms with Crippen LogP contribution in [0.5, 0.6) is 0 Å². The average Bonchev–Trinajstić information content (AvgIpc) is 3.49. The standard InChI is InChI=1S/C28H32F2N6O5/c1-19(39)36(33-16-21-9-5-10-22(29)27(21)30)25(11-6-14-37)28(24-17-31-12-13-32-24)41-35(18-38)26-15-23(34-40-26)20-7-3-2-4-8-20/h2-5,7-10,14-15,18,24-25,28,31-33H,6,11-13,16-17H2,1H3/t24?,25-,28?/m0/s1. The molecular formula is C28H32F2N6O5. The highest BCUT2D eigenvalue weighted by Crippen LogP contribution is 2.26. The first kappa shape index (κ1) is 29.9. The molecule has 0 bridgehead atoms. The number of aldehydes is 1. The number of piperazine rings is 1. The number of hydrazine groups is 1. The number of halogens is 2. The molecule has 1 aliphatic rings. The summed E-state index contributed by atoms with van der Waals surface area (Å²) in [6.45, 7) is 2.77. The van der Waals surface area contributed by atoms with Crippen molar-refractivity contribution in [2.45, 2.75) is 44.5 Å². The highest BCUT2D eigenvalue weighted by atomic mass is 19.2. The van der Waals surface area contributed by atoms with Crippen LogP contribution in [-0.4, -0.2) is 66.6 Å². The summed E-state index contributed by atoms with van der Waals surface area (Å²) in [6.07, 6.45) is 0.422. The molecule has 2 unspecified atom stereocenters. The monoisotopic (exact) mass is 570 g/mol. The zero-order valence-electron chi connectivity index (χ0n) is 22.5. The average molecular weight is 571 g/mol. The van der Waals surface area contributed by atoms with E-state index in [1.807, 2.05) is 30.3 Å². The molecule has 4 rings (SSSR count). The fourth-order valence-corrected chi connectivity index (χ4v) is 4.69. The fourth-order valence-electron chi connectivity index (χ4n) is 4.69. The van der Waals surface area contributed by atoms with Crippen LogP contribution in [0.4, 0.5) is 14.7 Å². The quantitative estimate of drug-likeness (QED) is 0.198. The number of anilines is 1. The summed E-state index contributed by atoms with van der Waals surface area (Å²) in [6, 6.07) is 13.3. The van der Waals surface area contributed by atoms with Crippen molar-refractivity contribution in [1.82, 2.24) is 26.2 Å². The van der Waals surface area contributed by atoms with E-state index in [0.717, 1.165) is 16.7 Å². The van der Waals surface area contributed by atoms with Crippen LogP contribution in [0.25, 0.3) is 11.3 Å². The van der Waals surface area contributed by atoms with Gasteiger partial charge in [0.15, 0.2) is 11.6 Å². The number of benzene rings is 2. The summed E-state index contributed by atoms with van der Waals surface area (Å²) in [5.41, 5.74) is 4.13. The zero-order chi connectivity index (χ0) is 29.2. The third-order valence-electron chi connectivity index (χ3n) is 6.69. The minimum absolute atomic E-state index is 0.00457. The largest absolute Gasteiger partial charge is 0.335 e. The molecule has 0 aliphatic carbocycles. The normalized spacial score (nSPS) is 16.5. The Balaban J connectivity index is 1.64. The molecule has 3 N–H and O–H groups in total. The number of amides is 2. The summed E-state index contributed by atoms with van der Waals surface area (Å²) >= 11 is 0. The Morgan fingerprint density at radius 2 is 2.00 bits per heavy atom. The van der Waals surface area contributed by atoms with Gasteiger partial charge in [-0.25, -0.2) is 14.2 Å². The van der Waals surface area contributed by atoms with Crippen LogP contribution in [-0.2, 0) is 25.8 Å². The molecule has 41 heavy (non-hydrogen) atoms. The molecule has 1 saturated heterocycles. The highest BCUT2D eigenvalue weighted by molar-refractivity contribution is 5.73. The number of carbonyl (C=O) groups is 3. The Hall–Kier alpha value is -4.04. The molecule has 13 heteroatoms. The van der Waals surface area contributed by atoms with Crippen molar-refractivity contribution >= 4 is 24.5 Å². The number of nitrogens with one attached hydrogen (secondary N) is 3. The van der Waals surface area contributed by atoms with Crippen LogP contribution in [0, 0.1) is 11.6 Å². The molecule has 0 spiro atoms. The fraction of sp³-hybridized carbons (Fsp3) is 0.357. The minimum Gasteiger partial charge on any atom is -0.335 e.